The van der Waals surface area contributed by atoms with Gasteiger partial charge in [0.05, 0.1) is 5.92 Å². The molecular formula is C19H28N2O3S. The van der Waals surface area contributed by atoms with E-state index in [2.05, 4.69) is 25.2 Å². The molecule has 0 radical (unpaired) electrons. The highest BCUT2D eigenvalue weighted by atomic mass is 32.2. The Kier molecular flexibility index (Phi) is 6.76. The third-order valence-electron chi connectivity index (χ3n) is 4.65. The molecule has 1 aromatic carbocycles. The van der Waals surface area contributed by atoms with E-state index in [1.165, 1.54) is 4.90 Å². The first-order chi connectivity index (χ1) is 11.8. The third kappa shape index (κ3) is 5.39. The van der Waals surface area contributed by atoms with Crippen molar-refractivity contribution in [2.75, 3.05) is 18.4 Å². The summed E-state index contributed by atoms with van der Waals surface area (Å²) in [6, 6.07) is 5.83. The van der Waals surface area contributed by atoms with Crippen molar-refractivity contribution < 1.29 is 14.7 Å². The first-order valence-electron chi connectivity index (χ1n) is 8.86. The summed E-state index contributed by atoms with van der Waals surface area (Å²) in [4.78, 5) is 26.6. The van der Waals surface area contributed by atoms with Crippen molar-refractivity contribution >= 4 is 29.4 Å². The van der Waals surface area contributed by atoms with Crippen LogP contribution < -0.4 is 5.32 Å². The number of urea groups is 1. The second-order valence-corrected chi connectivity index (χ2v) is 8.54. The van der Waals surface area contributed by atoms with Crippen molar-refractivity contribution in [1.82, 2.24) is 4.90 Å². The molecule has 0 saturated carbocycles. The number of benzene rings is 1. The number of likely N-dealkylation sites (tertiary alicyclic amines) is 1. The van der Waals surface area contributed by atoms with Gasteiger partial charge in [-0.2, -0.15) is 0 Å². The monoisotopic (exact) mass is 364 g/mol. The zero-order chi connectivity index (χ0) is 18.6. The van der Waals surface area contributed by atoms with Crippen LogP contribution in [-0.2, 0) is 4.79 Å². The van der Waals surface area contributed by atoms with Crippen LogP contribution in [0.3, 0.4) is 0 Å². The number of amides is 2. The summed E-state index contributed by atoms with van der Waals surface area (Å²) in [6.07, 6.45) is 1.74. The van der Waals surface area contributed by atoms with E-state index < -0.39 is 11.9 Å². The Balaban J connectivity index is 2.03. The summed E-state index contributed by atoms with van der Waals surface area (Å²) in [6.45, 7) is 9.20. The van der Waals surface area contributed by atoms with Gasteiger partial charge in [0.15, 0.2) is 0 Å². The molecule has 3 atom stereocenters. The van der Waals surface area contributed by atoms with Crippen LogP contribution in [0.4, 0.5) is 10.5 Å². The van der Waals surface area contributed by atoms with Crippen molar-refractivity contribution in [3.05, 3.63) is 23.8 Å². The van der Waals surface area contributed by atoms with E-state index in [1.807, 2.05) is 37.7 Å². The van der Waals surface area contributed by atoms with Crippen LogP contribution in [0.2, 0.25) is 0 Å². The molecule has 3 unspecified atom stereocenters. The predicted octanol–water partition coefficient (Wildman–Crippen LogP) is 4.46. The average molecular weight is 365 g/mol. The number of piperidine rings is 1. The third-order valence-corrected chi connectivity index (χ3v) is 5.91. The Morgan fingerprint density at radius 2 is 2.12 bits per heavy atom. The standard InChI is InChI=1S/C19H28N2O3S/c1-5-14(4)25-16-6-7-17(13(3)9-16)20-19(24)21-10-12(2)8-15(11-21)18(22)23/h6-7,9,12,14-15H,5,8,10-11H2,1-4H3,(H,20,24)(H,22,23). The van der Waals surface area contributed by atoms with E-state index in [0.717, 1.165) is 17.7 Å². The minimum atomic E-state index is -0.827. The van der Waals surface area contributed by atoms with E-state index in [0.29, 0.717) is 18.2 Å². The van der Waals surface area contributed by atoms with Crippen LogP contribution >= 0.6 is 11.8 Å². The van der Waals surface area contributed by atoms with Crippen molar-refractivity contribution in [1.29, 1.82) is 0 Å². The molecule has 5 nitrogen and oxygen atoms in total. The molecule has 1 fully saturated rings. The van der Waals surface area contributed by atoms with Crippen LogP contribution in [0.1, 0.15) is 39.2 Å². The maximum Gasteiger partial charge on any atom is 0.321 e. The minimum Gasteiger partial charge on any atom is -0.481 e. The normalized spacial score (nSPS) is 21.7. The van der Waals surface area contributed by atoms with Gasteiger partial charge in [0.2, 0.25) is 0 Å². The number of carbonyl (C=O) groups excluding carboxylic acids is 1. The summed E-state index contributed by atoms with van der Waals surface area (Å²) < 4.78 is 0. The number of carboxylic acid groups (broad SMARTS) is 1. The van der Waals surface area contributed by atoms with Gasteiger partial charge in [-0.3, -0.25) is 4.79 Å². The molecular weight excluding hydrogens is 336 g/mol. The molecule has 1 heterocycles. The van der Waals surface area contributed by atoms with Crippen LogP contribution in [0.15, 0.2) is 23.1 Å². The lowest BCUT2D eigenvalue weighted by atomic mass is 9.91. The SMILES string of the molecule is CCC(C)Sc1ccc(NC(=O)N2CC(C)CC(C(=O)O)C2)c(C)c1. The fraction of sp³-hybridized carbons (Fsp3) is 0.579. The number of aliphatic carboxylic acids is 1. The number of hydrogen-bond donors (Lipinski definition) is 2. The van der Waals surface area contributed by atoms with Crippen molar-refractivity contribution in [2.45, 2.75) is 50.7 Å². The fourth-order valence-electron chi connectivity index (χ4n) is 3.06. The number of nitrogens with zero attached hydrogens (tertiary/aromatic N) is 1. The molecule has 2 amide bonds. The topological polar surface area (TPSA) is 69.6 Å². The summed E-state index contributed by atoms with van der Waals surface area (Å²) >= 11 is 1.83. The van der Waals surface area contributed by atoms with Gasteiger partial charge >= 0.3 is 12.0 Å². The number of anilines is 1. The summed E-state index contributed by atoms with van der Waals surface area (Å²) in [7, 11) is 0. The van der Waals surface area contributed by atoms with Gasteiger partial charge in [-0.15, -0.1) is 11.8 Å². The Hall–Kier alpha value is -1.69. The van der Waals surface area contributed by atoms with Gasteiger partial charge in [0.25, 0.3) is 0 Å². The number of hydrogen-bond acceptors (Lipinski definition) is 3. The molecule has 0 aromatic heterocycles. The summed E-state index contributed by atoms with van der Waals surface area (Å²) in [5, 5.41) is 12.7. The largest absolute Gasteiger partial charge is 0.481 e. The summed E-state index contributed by atoms with van der Waals surface area (Å²) in [5.41, 5.74) is 1.80. The van der Waals surface area contributed by atoms with Gasteiger partial charge in [0, 0.05) is 28.9 Å². The molecule has 0 aliphatic carbocycles. The number of aryl methyl sites for hydroxylation is 1. The first-order valence-corrected chi connectivity index (χ1v) is 9.74. The van der Waals surface area contributed by atoms with Crippen molar-refractivity contribution in [3.63, 3.8) is 0 Å². The Bertz CT molecular complexity index is 635. The number of thioether (sulfide) groups is 1. The average Bonchev–Trinajstić information content (AvgIpc) is 2.56. The lowest BCUT2D eigenvalue weighted by Gasteiger charge is -2.34. The van der Waals surface area contributed by atoms with Crippen LogP contribution in [0, 0.1) is 18.8 Å². The molecule has 1 aliphatic rings. The molecule has 25 heavy (non-hydrogen) atoms. The lowest BCUT2D eigenvalue weighted by molar-refractivity contribution is -0.143. The van der Waals surface area contributed by atoms with Gasteiger partial charge in [0.1, 0.15) is 0 Å². The maximum absolute atomic E-state index is 12.6. The van der Waals surface area contributed by atoms with E-state index in [9.17, 15) is 14.7 Å². The highest BCUT2D eigenvalue weighted by molar-refractivity contribution is 7.99. The Labute approximate surface area is 154 Å². The first kappa shape index (κ1) is 19.6. The Morgan fingerprint density at radius 1 is 1.40 bits per heavy atom. The molecule has 6 heteroatoms. The maximum atomic E-state index is 12.6. The molecule has 138 valence electrons. The Morgan fingerprint density at radius 3 is 2.72 bits per heavy atom. The van der Waals surface area contributed by atoms with Gasteiger partial charge < -0.3 is 15.3 Å². The molecule has 1 aliphatic heterocycles. The number of carbonyl (C=O) groups is 2. The van der Waals surface area contributed by atoms with E-state index in [-0.39, 0.29) is 18.5 Å². The number of carboxylic acids is 1. The van der Waals surface area contributed by atoms with Crippen LogP contribution in [0.25, 0.3) is 0 Å². The fourth-order valence-corrected chi connectivity index (χ4v) is 4.08. The number of nitrogens with one attached hydrogen (secondary N) is 1. The van der Waals surface area contributed by atoms with E-state index in [1.54, 1.807) is 4.90 Å². The molecule has 0 bridgehead atoms. The smallest absolute Gasteiger partial charge is 0.321 e. The second-order valence-electron chi connectivity index (χ2n) is 7.02. The molecule has 1 aromatic rings. The molecule has 1 saturated heterocycles. The van der Waals surface area contributed by atoms with Crippen LogP contribution in [0.5, 0.6) is 0 Å². The van der Waals surface area contributed by atoms with Crippen molar-refractivity contribution in [2.24, 2.45) is 11.8 Å². The molecule has 0 spiro atoms. The zero-order valence-corrected chi connectivity index (χ0v) is 16.2. The highest BCUT2D eigenvalue weighted by Gasteiger charge is 2.32. The van der Waals surface area contributed by atoms with E-state index >= 15 is 0 Å². The zero-order valence-electron chi connectivity index (χ0n) is 15.4. The lowest BCUT2D eigenvalue weighted by Crippen LogP contribution is -2.47. The second kappa shape index (κ2) is 8.61. The quantitative estimate of drug-likeness (QED) is 0.757. The van der Waals surface area contributed by atoms with Gasteiger partial charge in [-0.1, -0.05) is 20.8 Å². The number of rotatable bonds is 5. The predicted molar refractivity (Wildman–Crippen MR) is 102 cm³/mol. The van der Waals surface area contributed by atoms with E-state index in [4.69, 9.17) is 0 Å². The van der Waals surface area contributed by atoms with Gasteiger partial charge in [-0.25, -0.2) is 4.79 Å². The van der Waals surface area contributed by atoms with Crippen LogP contribution in [-0.4, -0.2) is 40.3 Å². The minimum absolute atomic E-state index is 0.191. The highest BCUT2D eigenvalue weighted by Crippen LogP contribution is 2.29. The summed E-state index contributed by atoms with van der Waals surface area (Å²) in [5.74, 6) is -1.12. The molecule has 2 rings (SSSR count). The van der Waals surface area contributed by atoms with Crippen molar-refractivity contribution in [3.8, 4) is 0 Å². The van der Waals surface area contributed by atoms with Gasteiger partial charge in [-0.05, 0) is 49.4 Å². The molecule has 2 N–H and O–H groups in total.